The van der Waals surface area contributed by atoms with Gasteiger partial charge in [-0.1, -0.05) is 12.1 Å². The van der Waals surface area contributed by atoms with Crippen molar-refractivity contribution in [1.82, 2.24) is 14.8 Å². The SMILES string of the molecule is O=C(Nc1ccc(-n2cccn2)nc1)C1CC(=O)N(c2ccccc2Br)C1. The summed E-state index contributed by atoms with van der Waals surface area (Å²) in [6.07, 6.45) is 5.23. The van der Waals surface area contributed by atoms with Gasteiger partial charge in [-0.25, -0.2) is 9.67 Å². The fourth-order valence-corrected chi connectivity index (χ4v) is 3.53. The standard InChI is InChI=1S/C19H16BrN5O2/c20-15-4-1-2-5-16(15)24-12-13(10-18(24)26)19(27)23-14-6-7-17(21-11-14)25-9-3-8-22-25/h1-9,11,13H,10,12H2,(H,23,27). The minimum absolute atomic E-state index is 0.0609. The van der Waals surface area contributed by atoms with Crippen LogP contribution in [0, 0.1) is 5.92 Å². The van der Waals surface area contributed by atoms with Gasteiger partial charge in [0.2, 0.25) is 11.8 Å². The summed E-state index contributed by atoms with van der Waals surface area (Å²) in [4.78, 5) is 30.9. The molecule has 1 saturated heterocycles. The van der Waals surface area contributed by atoms with E-state index in [1.165, 1.54) is 0 Å². The fourth-order valence-electron chi connectivity index (χ4n) is 3.03. The Morgan fingerprint density at radius 1 is 1.19 bits per heavy atom. The van der Waals surface area contributed by atoms with Crippen LogP contribution in [0.4, 0.5) is 11.4 Å². The number of carbonyl (C=O) groups is 2. The lowest BCUT2D eigenvalue weighted by Gasteiger charge is -2.18. The van der Waals surface area contributed by atoms with Gasteiger partial charge >= 0.3 is 0 Å². The van der Waals surface area contributed by atoms with Gasteiger partial charge in [0.05, 0.1) is 23.5 Å². The van der Waals surface area contributed by atoms with Gasteiger partial charge in [0.15, 0.2) is 5.82 Å². The number of carbonyl (C=O) groups excluding carboxylic acids is 2. The number of halogens is 1. The average Bonchev–Trinajstić information content (AvgIpc) is 3.33. The van der Waals surface area contributed by atoms with Crippen LogP contribution in [0.2, 0.25) is 0 Å². The topological polar surface area (TPSA) is 80.1 Å². The van der Waals surface area contributed by atoms with E-state index in [0.29, 0.717) is 18.1 Å². The van der Waals surface area contributed by atoms with Crippen LogP contribution in [0.1, 0.15) is 6.42 Å². The number of hydrogen-bond acceptors (Lipinski definition) is 4. The zero-order valence-corrected chi connectivity index (χ0v) is 15.8. The van der Waals surface area contributed by atoms with E-state index in [2.05, 4.69) is 31.3 Å². The minimum Gasteiger partial charge on any atom is -0.324 e. The molecule has 0 aliphatic carbocycles. The molecule has 0 spiro atoms. The molecule has 0 radical (unpaired) electrons. The van der Waals surface area contributed by atoms with E-state index in [0.717, 1.165) is 10.2 Å². The third-order valence-electron chi connectivity index (χ3n) is 4.39. The summed E-state index contributed by atoms with van der Waals surface area (Å²) < 4.78 is 2.47. The molecule has 1 aromatic carbocycles. The molecular formula is C19H16BrN5O2. The lowest BCUT2D eigenvalue weighted by Crippen LogP contribution is -2.28. The first-order valence-corrected chi connectivity index (χ1v) is 9.23. The van der Waals surface area contributed by atoms with Crippen LogP contribution < -0.4 is 10.2 Å². The van der Waals surface area contributed by atoms with Gasteiger partial charge in [-0.3, -0.25) is 9.59 Å². The van der Waals surface area contributed by atoms with E-state index in [9.17, 15) is 9.59 Å². The van der Waals surface area contributed by atoms with Gasteiger partial charge in [0.25, 0.3) is 0 Å². The second-order valence-corrected chi connectivity index (χ2v) is 7.06. The second-order valence-electron chi connectivity index (χ2n) is 6.20. The first-order chi connectivity index (χ1) is 13.1. The Labute approximate surface area is 164 Å². The number of nitrogens with one attached hydrogen (secondary N) is 1. The maximum absolute atomic E-state index is 12.6. The lowest BCUT2D eigenvalue weighted by molar-refractivity contribution is -0.122. The summed E-state index contributed by atoms with van der Waals surface area (Å²) in [6.45, 7) is 0.353. The number of hydrogen-bond donors (Lipinski definition) is 1. The van der Waals surface area contributed by atoms with Crippen LogP contribution >= 0.6 is 15.9 Å². The third-order valence-corrected chi connectivity index (χ3v) is 5.06. The monoisotopic (exact) mass is 425 g/mol. The van der Waals surface area contributed by atoms with Gasteiger partial charge < -0.3 is 10.2 Å². The van der Waals surface area contributed by atoms with Crippen molar-refractivity contribution in [2.45, 2.75) is 6.42 Å². The predicted octanol–water partition coefficient (Wildman–Crippen LogP) is 3.02. The highest BCUT2D eigenvalue weighted by molar-refractivity contribution is 9.10. The molecule has 2 amide bonds. The van der Waals surface area contributed by atoms with E-state index in [-0.39, 0.29) is 18.2 Å². The Balaban J connectivity index is 1.43. The van der Waals surface area contributed by atoms with Crippen LogP contribution in [-0.4, -0.2) is 33.1 Å². The molecule has 1 N–H and O–H groups in total. The highest BCUT2D eigenvalue weighted by atomic mass is 79.9. The number of rotatable bonds is 4. The largest absolute Gasteiger partial charge is 0.324 e. The number of amides is 2. The van der Waals surface area contributed by atoms with Crippen molar-refractivity contribution in [3.8, 4) is 5.82 Å². The van der Waals surface area contributed by atoms with Crippen molar-refractivity contribution in [1.29, 1.82) is 0 Å². The van der Waals surface area contributed by atoms with Gasteiger partial charge in [-0.05, 0) is 46.3 Å². The van der Waals surface area contributed by atoms with Crippen LogP contribution in [0.5, 0.6) is 0 Å². The number of pyridine rings is 1. The number of benzene rings is 1. The van der Waals surface area contributed by atoms with E-state index >= 15 is 0 Å². The Morgan fingerprint density at radius 3 is 2.74 bits per heavy atom. The van der Waals surface area contributed by atoms with Crippen molar-refractivity contribution < 1.29 is 9.59 Å². The quantitative estimate of drug-likeness (QED) is 0.696. The molecule has 136 valence electrons. The fraction of sp³-hybridized carbons (Fsp3) is 0.158. The van der Waals surface area contributed by atoms with Crippen molar-refractivity contribution in [3.63, 3.8) is 0 Å². The number of aromatic nitrogens is 3. The van der Waals surface area contributed by atoms with Gasteiger partial charge in [-0.15, -0.1) is 0 Å². The second kappa shape index (κ2) is 7.32. The maximum Gasteiger partial charge on any atom is 0.229 e. The predicted molar refractivity (Wildman–Crippen MR) is 105 cm³/mol. The molecule has 1 aliphatic heterocycles. The molecule has 0 saturated carbocycles. The maximum atomic E-state index is 12.6. The molecule has 1 unspecified atom stereocenters. The summed E-state index contributed by atoms with van der Waals surface area (Å²) in [5, 5.41) is 6.95. The first-order valence-electron chi connectivity index (χ1n) is 8.43. The molecule has 27 heavy (non-hydrogen) atoms. The van der Waals surface area contributed by atoms with E-state index in [1.54, 1.807) is 40.3 Å². The van der Waals surface area contributed by atoms with Crippen LogP contribution in [-0.2, 0) is 9.59 Å². The molecule has 3 heterocycles. The zero-order valence-electron chi connectivity index (χ0n) is 14.2. The van der Waals surface area contributed by atoms with Crippen molar-refractivity contribution in [2.75, 3.05) is 16.8 Å². The number of para-hydroxylation sites is 1. The molecule has 0 bridgehead atoms. The Kier molecular flexibility index (Phi) is 4.72. The summed E-state index contributed by atoms with van der Waals surface area (Å²) >= 11 is 3.46. The normalized spacial score (nSPS) is 16.6. The minimum atomic E-state index is -0.407. The van der Waals surface area contributed by atoms with Gasteiger partial charge in [-0.2, -0.15) is 5.10 Å². The third kappa shape index (κ3) is 3.61. The summed E-state index contributed by atoms with van der Waals surface area (Å²) in [5.41, 5.74) is 1.37. The summed E-state index contributed by atoms with van der Waals surface area (Å²) in [7, 11) is 0. The van der Waals surface area contributed by atoms with Crippen molar-refractivity contribution in [2.24, 2.45) is 5.92 Å². The molecule has 1 atom stereocenters. The van der Waals surface area contributed by atoms with Gasteiger partial charge in [0, 0.05) is 29.8 Å². The molecule has 3 aromatic rings. The smallest absolute Gasteiger partial charge is 0.229 e. The molecule has 2 aromatic heterocycles. The average molecular weight is 426 g/mol. The van der Waals surface area contributed by atoms with Crippen LogP contribution in [0.15, 0.2) is 65.5 Å². The van der Waals surface area contributed by atoms with E-state index in [4.69, 9.17) is 0 Å². The lowest BCUT2D eigenvalue weighted by atomic mass is 10.1. The Morgan fingerprint density at radius 2 is 2.04 bits per heavy atom. The van der Waals surface area contributed by atoms with E-state index in [1.807, 2.05) is 30.3 Å². The molecule has 8 heteroatoms. The van der Waals surface area contributed by atoms with Crippen LogP contribution in [0.3, 0.4) is 0 Å². The van der Waals surface area contributed by atoms with Crippen molar-refractivity contribution in [3.05, 3.63) is 65.5 Å². The molecule has 1 fully saturated rings. The molecule has 1 aliphatic rings. The Bertz CT molecular complexity index is 972. The summed E-state index contributed by atoms with van der Waals surface area (Å²) in [5.74, 6) is 0.00490. The zero-order chi connectivity index (χ0) is 18.8. The highest BCUT2D eigenvalue weighted by Gasteiger charge is 2.35. The molecular weight excluding hydrogens is 410 g/mol. The van der Waals surface area contributed by atoms with Crippen molar-refractivity contribution >= 4 is 39.1 Å². The number of nitrogens with zero attached hydrogens (tertiary/aromatic N) is 4. The van der Waals surface area contributed by atoms with Crippen LogP contribution in [0.25, 0.3) is 5.82 Å². The first kappa shape index (κ1) is 17.4. The molecule has 4 rings (SSSR count). The highest BCUT2D eigenvalue weighted by Crippen LogP contribution is 2.31. The summed E-state index contributed by atoms with van der Waals surface area (Å²) in [6, 6.07) is 12.8. The van der Waals surface area contributed by atoms with Gasteiger partial charge in [0.1, 0.15) is 0 Å². The Hall–Kier alpha value is -3.00. The molecule has 7 nitrogen and oxygen atoms in total. The van der Waals surface area contributed by atoms with E-state index < -0.39 is 5.92 Å². The number of anilines is 2.